The molecule has 0 aromatic heterocycles. The smallest absolute Gasteiger partial charge is 0.303 e. The molecule has 2 nitrogen and oxygen atoms in total. The molecule has 0 heterocycles. The van der Waals surface area contributed by atoms with E-state index in [1.165, 1.54) is 205 Å². The number of hydrogen-bond acceptors (Lipinski definition) is 1. The highest BCUT2D eigenvalue weighted by Crippen LogP contribution is 2.17. The topological polar surface area (TPSA) is 37.3 Å². The quantitative estimate of drug-likeness (QED) is 0.0796. The molecular weight excluding hydrogens is 476 g/mol. The van der Waals surface area contributed by atoms with Crippen molar-refractivity contribution >= 4 is 5.97 Å². The molecule has 0 aromatic rings. The van der Waals surface area contributed by atoms with E-state index in [0.717, 1.165) is 12.8 Å². The number of carboxylic acids is 1. The molecule has 2 heteroatoms. The normalized spacial score (nSPS) is 11.4. The molecule has 0 fully saturated rings. The van der Waals surface area contributed by atoms with Crippen molar-refractivity contribution in [3.05, 3.63) is 0 Å². The minimum atomic E-state index is -0.647. The first kappa shape index (κ1) is 38.5. The van der Waals surface area contributed by atoms with E-state index in [1.807, 2.05) is 0 Å². The van der Waals surface area contributed by atoms with E-state index in [9.17, 15) is 4.79 Å². The number of carbonyl (C=O) groups is 1. The Kier molecular flexibility index (Phi) is 35.0. The predicted molar refractivity (Wildman–Crippen MR) is 175 cm³/mol. The fourth-order valence-corrected chi connectivity index (χ4v) is 6.01. The summed E-state index contributed by atoms with van der Waals surface area (Å²) in [7, 11) is 0. The lowest BCUT2D eigenvalue weighted by molar-refractivity contribution is -0.137. The van der Waals surface area contributed by atoms with Crippen molar-refractivity contribution in [3.63, 3.8) is 0 Å². The molecule has 0 aliphatic carbocycles. The van der Waals surface area contributed by atoms with Gasteiger partial charge in [-0.2, -0.15) is 0 Å². The van der Waals surface area contributed by atoms with Crippen molar-refractivity contribution in [2.45, 2.75) is 232 Å². The van der Waals surface area contributed by atoms with Gasteiger partial charge in [0.2, 0.25) is 0 Å². The van der Waals surface area contributed by atoms with Gasteiger partial charge in [-0.25, -0.2) is 0 Å². The van der Waals surface area contributed by atoms with Gasteiger partial charge in [0.1, 0.15) is 0 Å². The molecule has 39 heavy (non-hydrogen) atoms. The van der Waals surface area contributed by atoms with Crippen molar-refractivity contribution in [3.8, 4) is 0 Å². The minimum absolute atomic E-state index is 0.347. The van der Waals surface area contributed by atoms with Gasteiger partial charge in [0.05, 0.1) is 0 Å². The van der Waals surface area contributed by atoms with E-state index >= 15 is 0 Å². The Bertz CT molecular complexity index is 447. The second-order valence-electron chi connectivity index (χ2n) is 12.8. The minimum Gasteiger partial charge on any atom is -0.481 e. The van der Waals surface area contributed by atoms with Crippen LogP contribution >= 0.6 is 0 Å². The largest absolute Gasteiger partial charge is 0.481 e. The van der Waals surface area contributed by atoms with E-state index in [4.69, 9.17) is 5.11 Å². The van der Waals surface area contributed by atoms with E-state index in [-0.39, 0.29) is 0 Å². The average molecular weight is 551 g/mol. The van der Waals surface area contributed by atoms with Crippen molar-refractivity contribution in [1.82, 2.24) is 0 Å². The Morgan fingerprint density at radius 3 is 0.615 bits per heavy atom. The Morgan fingerprint density at radius 2 is 0.462 bits per heavy atom. The standard InChI is InChI=1S/C37H74O2/c1-2-3-4-5-6-7-8-9-10-11-12-13-14-15-16-17-18-19-20-21-22-23-24-25-26-27-28-29-30-31-32-33-34-35-36-37(38)39/h2-36H2,1H3,(H,38,39). The van der Waals surface area contributed by atoms with Crippen molar-refractivity contribution in [2.24, 2.45) is 0 Å². The zero-order chi connectivity index (χ0) is 28.3. The molecule has 0 atom stereocenters. The summed E-state index contributed by atoms with van der Waals surface area (Å²) < 4.78 is 0. The summed E-state index contributed by atoms with van der Waals surface area (Å²) in [5.74, 6) is -0.647. The molecule has 0 rings (SSSR count). The van der Waals surface area contributed by atoms with Gasteiger partial charge < -0.3 is 5.11 Å². The lowest BCUT2D eigenvalue weighted by Gasteiger charge is -2.05. The Labute approximate surface area is 247 Å². The van der Waals surface area contributed by atoms with Crippen LogP contribution in [0.15, 0.2) is 0 Å². The zero-order valence-corrected chi connectivity index (χ0v) is 27.1. The molecule has 0 amide bonds. The third kappa shape index (κ3) is 37.5. The lowest BCUT2D eigenvalue weighted by Crippen LogP contribution is -1.93. The second-order valence-corrected chi connectivity index (χ2v) is 12.8. The molecule has 0 aliphatic heterocycles. The number of rotatable bonds is 35. The van der Waals surface area contributed by atoms with E-state index in [1.54, 1.807) is 0 Å². The number of hydrogen-bond donors (Lipinski definition) is 1. The summed E-state index contributed by atoms with van der Waals surface area (Å²) in [5.41, 5.74) is 0. The molecule has 0 spiro atoms. The molecule has 0 saturated carbocycles. The maximum atomic E-state index is 10.5. The highest BCUT2D eigenvalue weighted by molar-refractivity contribution is 5.66. The lowest BCUT2D eigenvalue weighted by atomic mass is 10.0. The van der Waals surface area contributed by atoms with Crippen LogP contribution in [-0.4, -0.2) is 11.1 Å². The number of carboxylic acid groups (broad SMARTS) is 1. The van der Waals surface area contributed by atoms with E-state index < -0.39 is 5.97 Å². The number of unbranched alkanes of at least 4 members (excludes halogenated alkanes) is 33. The van der Waals surface area contributed by atoms with Crippen LogP contribution in [0, 0.1) is 0 Å². The summed E-state index contributed by atoms with van der Waals surface area (Å²) in [6.07, 6.45) is 48.4. The average Bonchev–Trinajstić information content (AvgIpc) is 2.93. The molecule has 0 aromatic carbocycles. The summed E-state index contributed by atoms with van der Waals surface area (Å²) in [4.78, 5) is 10.5. The summed E-state index contributed by atoms with van der Waals surface area (Å²) >= 11 is 0. The first-order valence-electron chi connectivity index (χ1n) is 18.5. The van der Waals surface area contributed by atoms with E-state index in [0.29, 0.717) is 6.42 Å². The molecule has 234 valence electrons. The van der Waals surface area contributed by atoms with Crippen molar-refractivity contribution in [1.29, 1.82) is 0 Å². The van der Waals surface area contributed by atoms with Crippen LogP contribution in [0.3, 0.4) is 0 Å². The second kappa shape index (κ2) is 35.5. The molecule has 0 aliphatic rings. The molecule has 0 radical (unpaired) electrons. The van der Waals surface area contributed by atoms with Gasteiger partial charge in [-0.3, -0.25) is 4.79 Å². The molecular formula is C37H74O2. The monoisotopic (exact) mass is 551 g/mol. The summed E-state index contributed by atoms with van der Waals surface area (Å²) in [6, 6.07) is 0. The Hall–Kier alpha value is -0.530. The number of aliphatic carboxylic acids is 1. The van der Waals surface area contributed by atoms with Gasteiger partial charge in [-0.1, -0.05) is 219 Å². The molecule has 0 bridgehead atoms. The van der Waals surface area contributed by atoms with Gasteiger partial charge in [0, 0.05) is 6.42 Å². The van der Waals surface area contributed by atoms with Gasteiger partial charge in [-0.05, 0) is 6.42 Å². The van der Waals surface area contributed by atoms with Crippen LogP contribution in [0.4, 0.5) is 0 Å². The SMILES string of the molecule is CCCCCCCCCCCCCCCCCCCCCCCCCCCCCCCCCCCCC(=O)O. The van der Waals surface area contributed by atoms with Crippen LogP contribution in [0.5, 0.6) is 0 Å². The Morgan fingerprint density at radius 1 is 0.308 bits per heavy atom. The third-order valence-electron chi connectivity index (χ3n) is 8.74. The fourth-order valence-electron chi connectivity index (χ4n) is 6.01. The zero-order valence-electron chi connectivity index (χ0n) is 27.1. The van der Waals surface area contributed by atoms with Crippen LogP contribution in [-0.2, 0) is 4.79 Å². The van der Waals surface area contributed by atoms with E-state index in [2.05, 4.69) is 6.92 Å². The fraction of sp³-hybridized carbons (Fsp3) is 0.973. The first-order chi connectivity index (χ1) is 19.3. The molecule has 0 unspecified atom stereocenters. The first-order valence-corrected chi connectivity index (χ1v) is 18.5. The van der Waals surface area contributed by atoms with Crippen molar-refractivity contribution < 1.29 is 9.90 Å². The predicted octanol–water partition coefficient (Wildman–Crippen LogP) is 13.7. The van der Waals surface area contributed by atoms with Crippen LogP contribution in [0.1, 0.15) is 232 Å². The highest BCUT2D eigenvalue weighted by Gasteiger charge is 1.98. The third-order valence-corrected chi connectivity index (χ3v) is 8.74. The Balaban J connectivity index is 3.02. The van der Waals surface area contributed by atoms with Crippen molar-refractivity contribution in [2.75, 3.05) is 0 Å². The van der Waals surface area contributed by atoms with Gasteiger partial charge in [0.25, 0.3) is 0 Å². The van der Waals surface area contributed by atoms with Crippen LogP contribution < -0.4 is 0 Å². The molecule has 1 N–H and O–H groups in total. The highest BCUT2D eigenvalue weighted by atomic mass is 16.4. The van der Waals surface area contributed by atoms with Crippen LogP contribution in [0.25, 0.3) is 0 Å². The maximum Gasteiger partial charge on any atom is 0.303 e. The van der Waals surface area contributed by atoms with Gasteiger partial charge in [-0.15, -0.1) is 0 Å². The van der Waals surface area contributed by atoms with Gasteiger partial charge >= 0.3 is 5.97 Å². The van der Waals surface area contributed by atoms with Gasteiger partial charge in [0.15, 0.2) is 0 Å². The summed E-state index contributed by atoms with van der Waals surface area (Å²) in [6.45, 7) is 2.30. The van der Waals surface area contributed by atoms with Crippen LogP contribution in [0.2, 0.25) is 0 Å². The molecule has 0 saturated heterocycles. The summed E-state index contributed by atoms with van der Waals surface area (Å²) in [5, 5.41) is 8.63. The maximum absolute atomic E-state index is 10.5.